The lowest BCUT2D eigenvalue weighted by Crippen LogP contribution is -2.50. The second-order valence-electron chi connectivity index (χ2n) is 18.8. The molecular formula is C57H68N10O10. The molecule has 0 atom stereocenters. The number of rotatable bonds is 28. The number of nitrogens with zero attached hydrogens (tertiary/aromatic N) is 6. The summed E-state index contributed by atoms with van der Waals surface area (Å²) in [5.41, 5.74) is 2.48. The van der Waals surface area contributed by atoms with Crippen LogP contribution >= 0.6 is 0 Å². The van der Waals surface area contributed by atoms with E-state index in [1.165, 1.54) is 33.1 Å². The maximum Gasteiger partial charge on any atom is 0.413 e. The molecule has 5 amide bonds. The minimum absolute atomic E-state index is 0.0274. The molecule has 0 fully saturated rings. The summed E-state index contributed by atoms with van der Waals surface area (Å²) >= 11 is 0. The largest absolute Gasteiger partial charge is 0.497 e. The standard InChI is InChI=1S/C57H68N10O10/c1-6-35-75-55(73)66(37-48(69)58-30-18-10-17-25-50(71)77-56(2,3)4)33-31-59-47(68)36-65(49(70)38-67-41-62-51-52(60-40-61-53(51)67)64-54(72)76-39-42-19-11-7-12-20-42)34-32-63-57(43-21-13-8-14-22-43,44-23-15-9-16-24-44)45-26-28-46(74-5)29-27-45/h6-9,11-16,19-24,26-29,40-41,63H,1,10,17-18,25,30-39H2,2-5H3,(H,58,69)(H,59,68)(H,60,61,64,72). The molecule has 2 aromatic heterocycles. The Bertz CT molecular complexity index is 2840. The Hall–Kier alpha value is -8.65. The lowest BCUT2D eigenvalue weighted by molar-refractivity contribution is -0.155. The van der Waals surface area contributed by atoms with Gasteiger partial charge in [0.25, 0.3) is 0 Å². The molecule has 0 saturated carbocycles. The van der Waals surface area contributed by atoms with Gasteiger partial charge in [-0.3, -0.25) is 34.7 Å². The number of esters is 1. The summed E-state index contributed by atoms with van der Waals surface area (Å²) in [4.78, 5) is 95.1. The van der Waals surface area contributed by atoms with Crippen LogP contribution in [0.3, 0.4) is 0 Å². The number of ether oxygens (including phenoxy) is 4. The zero-order chi connectivity index (χ0) is 55.0. The number of carbonyl (C=O) groups is 6. The Morgan fingerprint density at radius 2 is 1.30 bits per heavy atom. The quantitative estimate of drug-likeness (QED) is 0.0131. The van der Waals surface area contributed by atoms with Crippen LogP contribution in [0.5, 0.6) is 5.75 Å². The number of unbranched alkanes of at least 4 members (excludes halogenated alkanes) is 2. The van der Waals surface area contributed by atoms with E-state index in [2.05, 4.69) is 42.8 Å². The van der Waals surface area contributed by atoms with Crippen LogP contribution in [0.4, 0.5) is 15.4 Å². The van der Waals surface area contributed by atoms with Crippen molar-refractivity contribution >= 4 is 52.9 Å². The van der Waals surface area contributed by atoms with Gasteiger partial charge in [-0.15, -0.1) is 0 Å². The highest BCUT2D eigenvalue weighted by atomic mass is 16.6. The molecule has 77 heavy (non-hydrogen) atoms. The Morgan fingerprint density at radius 3 is 1.94 bits per heavy atom. The van der Waals surface area contributed by atoms with Gasteiger partial charge >= 0.3 is 18.2 Å². The van der Waals surface area contributed by atoms with Gasteiger partial charge in [-0.2, -0.15) is 0 Å². The van der Waals surface area contributed by atoms with Gasteiger partial charge in [-0.1, -0.05) is 122 Å². The van der Waals surface area contributed by atoms with E-state index in [4.69, 9.17) is 18.9 Å². The number of amides is 5. The second kappa shape index (κ2) is 28.9. The number of imidazole rings is 1. The van der Waals surface area contributed by atoms with Crippen molar-refractivity contribution in [3.63, 3.8) is 0 Å². The average Bonchev–Trinajstić information content (AvgIpc) is 3.87. The lowest BCUT2D eigenvalue weighted by atomic mass is 9.77. The van der Waals surface area contributed by atoms with E-state index in [0.29, 0.717) is 31.6 Å². The topological polar surface area (TPSA) is 238 Å². The van der Waals surface area contributed by atoms with Gasteiger partial charge in [0.1, 0.15) is 44.0 Å². The van der Waals surface area contributed by atoms with Gasteiger partial charge in [0.2, 0.25) is 17.7 Å². The normalized spacial score (nSPS) is 11.2. The summed E-state index contributed by atoms with van der Waals surface area (Å²) in [6.45, 7) is 8.25. The van der Waals surface area contributed by atoms with Gasteiger partial charge in [-0.25, -0.2) is 24.5 Å². The summed E-state index contributed by atoms with van der Waals surface area (Å²) in [7, 11) is 1.60. The molecule has 0 aliphatic rings. The van der Waals surface area contributed by atoms with Gasteiger partial charge in [0.05, 0.1) is 25.5 Å². The lowest BCUT2D eigenvalue weighted by Gasteiger charge is -2.38. The fourth-order valence-corrected chi connectivity index (χ4v) is 8.32. The summed E-state index contributed by atoms with van der Waals surface area (Å²) < 4.78 is 23.0. The maximum absolute atomic E-state index is 14.6. The zero-order valence-electron chi connectivity index (χ0n) is 44.1. The van der Waals surface area contributed by atoms with Crippen LogP contribution in [0, 0.1) is 0 Å². The predicted octanol–water partition coefficient (Wildman–Crippen LogP) is 6.75. The fourth-order valence-electron chi connectivity index (χ4n) is 8.32. The number of anilines is 1. The van der Waals surface area contributed by atoms with Gasteiger partial charge in [0, 0.05) is 39.1 Å². The average molecular weight is 1050 g/mol. The Labute approximate surface area is 448 Å². The van der Waals surface area contributed by atoms with Crippen molar-refractivity contribution in [2.75, 3.05) is 64.8 Å². The molecule has 6 aromatic rings. The molecule has 20 heteroatoms. The van der Waals surface area contributed by atoms with Gasteiger partial charge in [-0.05, 0) is 68.0 Å². The molecule has 0 saturated heterocycles. The number of methoxy groups -OCH3 is 1. The minimum Gasteiger partial charge on any atom is -0.497 e. The molecule has 6 rings (SSSR count). The maximum atomic E-state index is 14.6. The third-order valence-electron chi connectivity index (χ3n) is 12.0. The first-order valence-corrected chi connectivity index (χ1v) is 25.4. The summed E-state index contributed by atoms with van der Waals surface area (Å²) in [6, 6.07) is 36.7. The highest BCUT2D eigenvalue weighted by Crippen LogP contribution is 2.37. The molecule has 20 nitrogen and oxygen atoms in total. The van der Waals surface area contributed by atoms with Crippen LogP contribution < -0.4 is 26.0 Å². The van der Waals surface area contributed by atoms with Crippen molar-refractivity contribution in [1.82, 2.24) is 45.3 Å². The molecule has 0 aliphatic carbocycles. The molecule has 4 aromatic carbocycles. The second-order valence-corrected chi connectivity index (χ2v) is 18.8. The molecular weight excluding hydrogens is 985 g/mol. The molecule has 0 bridgehead atoms. The number of aromatic nitrogens is 4. The molecule has 4 N–H and O–H groups in total. The third kappa shape index (κ3) is 17.5. The number of nitrogens with one attached hydrogen (secondary N) is 4. The van der Waals surface area contributed by atoms with Crippen molar-refractivity contribution in [3.05, 3.63) is 163 Å². The first-order chi connectivity index (χ1) is 37.2. The molecule has 0 unspecified atom stereocenters. The van der Waals surface area contributed by atoms with E-state index in [1.807, 2.05) is 136 Å². The summed E-state index contributed by atoms with van der Waals surface area (Å²) in [5.74, 6) is -0.986. The van der Waals surface area contributed by atoms with Gasteiger partial charge < -0.3 is 39.0 Å². The van der Waals surface area contributed by atoms with E-state index in [-0.39, 0.29) is 81.9 Å². The molecule has 0 aliphatic heterocycles. The predicted molar refractivity (Wildman–Crippen MR) is 289 cm³/mol. The third-order valence-corrected chi connectivity index (χ3v) is 12.0. The van der Waals surface area contributed by atoms with Crippen LogP contribution in [0.1, 0.15) is 68.7 Å². The van der Waals surface area contributed by atoms with E-state index in [1.54, 1.807) is 7.11 Å². The highest BCUT2D eigenvalue weighted by Gasteiger charge is 2.36. The van der Waals surface area contributed by atoms with E-state index in [9.17, 15) is 28.8 Å². The minimum atomic E-state index is -0.938. The SMILES string of the molecule is C=CCOC(=O)N(CCNC(=O)CN(CCNC(c1ccccc1)(c1ccccc1)c1ccc(OC)cc1)C(=O)Cn1cnc2c(NC(=O)OCc3ccccc3)ncnc21)CC(=O)NCCCCCC(=O)OC(C)(C)C. The van der Waals surface area contributed by atoms with E-state index >= 15 is 0 Å². The van der Waals surface area contributed by atoms with Crippen LogP contribution in [0.15, 0.2) is 141 Å². The number of hydrogen-bond acceptors (Lipinski definition) is 14. The zero-order valence-corrected chi connectivity index (χ0v) is 44.1. The molecule has 0 radical (unpaired) electrons. The number of fused-ring (bicyclic) bond motifs is 1. The van der Waals surface area contributed by atoms with Gasteiger partial charge in [0.15, 0.2) is 17.0 Å². The first-order valence-electron chi connectivity index (χ1n) is 25.4. The van der Waals surface area contributed by atoms with Crippen molar-refractivity contribution in [3.8, 4) is 5.75 Å². The monoisotopic (exact) mass is 1050 g/mol. The molecule has 2 heterocycles. The molecule has 0 spiro atoms. The van der Waals surface area contributed by atoms with Crippen LogP contribution in [0.25, 0.3) is 11.2 Å². The highest BCUT2D eigenvalue weighted by molar-refractivity contribution is 5.94. The Kier molecular flexibility index (Phi) is 21.6. The summed E-state index contributed by atoms with van der Waals surface area (Å²) in [6.07, 6.45) is 4.62. The molecule has 406 valence electrons. The Balaban J connectivity index is 1.17. The van der Waals surface area contributed by atoms with Crippen LogP contribution in [0.2, 0.25) is 0 Å². The fraction of sp³-hybridized carbons (Fsp3) is 0.351. The summed E-state index contributed by atoms with van der Waals surface area (Å²) in [5, 5.41) is 12.0. The van der Waals surface area contributed by atoms with Crippen molar-refractivity contribution < 1.29 is 47.7 Å². The van der Waals surface area contributed by atoms with E-state index < -0.39 is 47.6 Å². The number of carbonyl (C=O) groups excluding carboxylic acids is 6. The first kappa shape index (κ1) is 57.6. The van der Waals surface area contributed by atoms with Crippen molar-refractivity contribution in [2.45, 2.75) is 70.7 Å². The Morgan fingerprint density at radius 1 is 0.688 bits per heavy atom. The van der Waals surface area contributed by atoms with E-state index in [0.717, 1.165) is 22.3 Å². The number of hydrogen-bond donors (Lipinski definition) is 4. The van der Waals surface area contributed by atoms with Crippen molar-refractivity contribution in [1.29, 1.82) is 0 Å². The van der Waals surface area contributed by atoms with Crippen LogP contribution in [-0.4, -0.2) is 130 Å². The van der Waals surface area contributed by atoms with Crippen molar-refractivity contribution in [2.24, 2.45) is 0 Å². The van der Waals surface area contributed by atoms with Crippen LogP contribution in [-0.2, 0) is 52.1 Å². The number of benzene rings is 4. The smallest absolute Gasteiger partial charge is 0.413 e.